The normalized spacial score (nSPS) is 10.6. The third-order valence-corrected chi connectivity index (χ3v) is 3.23. The first-order valence-corrected chi connectivity index (χ1v) is 6.76. The van der Waals surface area contributed by atoms with Crippen LogP contribution in [0.15, 0.2) is 40.0 Å². The molecule has 0 amide bonds. The van der Waals surface area contributed by atoms with Crippen molar-refractivity contribution >= 4 is 33.6 Å². The standard InChI is InChI=1S/C13H11BrN4O4/c1-22-11-5-8(4-10(14)13(11)19)6-16-17-12-3-2-9(7-15-12)18(20)21/h2-7,19H,1H3,(H,15,17)/b16-6+. The summed E-state index contributed by atoms with van der Waals surface area (Å²) in [6, 6.07) is 6.04. The predicted octanol–water partition coefficient (Wildman–Crippen LogP) is 2.91. The number of benzene rings is 1. The van der Waals surface area contributed by atoms with Gasteiger partial charge in [-0.15, -0.1) is 0 Å². The van der Waals surface area contributed by atoms with Crippen LogP contribution in [0.1, 0.15) is 5.56 Å². The number of aromatic nitrogens is 1. The molecule has 22 heavy (non-hydrogen) atoms. The van der Waals surface area contributed by atoms with Crippen molar-refractivity contribution in [2.75, 3.05) is 12.5 Å². The monoisotopic (exact) mass is 366 g/mol. The molecule has 0 aliphatic carbocycles. The van der Waals surface area contributed by atoms with Crippen LogP contribution in [0.2, 0.25) is 0 Å². The third kappa shape index (κ3) is 3.70. The van der Waals surface area contributed by atoms with E-state index in [0.717, 1.165) is 6.20 Å². The van der Waals surface area contributed by atoms with E-state index in [0.29, 0.717) is 21.6 Å². The van der Waals surface area contributed by atoms with E-state index in [4.69, 9.17) is 4.74 Å². The van der Waals surface area contributed by atoms with Crippen molar-refractivity contribution in [3.05, 3.63) is 50.6 Å². The number of aromatic hydroxyl groups is 1. The number of phenolic OH excluding ortho intramolecular Hbond substituents is 1. The van der Waals surface area contributed by atoms with Gasteiger partial charge in [0.05, 0.1) is 22.7 Å². The summed E-state index contributed by atoms with van der Waals surface area (Å²) in [5, 5.41) is 24.2. The van der Waals surface area contributed by atoms with Crippen LogP contribution in [0, 0.1) is 10.1 Å². The highest BCUT2D eigenvalue weighted by Crippen LogP contribution is 2.34. The van der Waals surface area contributed by atoms with Gasteiger partial charge in [-0.1, -0.05) is 0 Å². The van der Waals surface area contributed by atoms with E-state index in [1.54, 1.807) is 12.1 Å². The number of nitrogens with one attached hydrogen (secondary N) is 1. The van der Waals surface area contributed by atoms with Gasteiger partial charge in [-0.3, -0.25) is 15.5 Å². The summed E-state index contributed by atoms with van der Waals surface area (Å²) >= 11 is 3.21. The van der Waals surface area contributed by atoms with Gasteiger partial charge in [-0.2, -0.15) is 5.10 Å². The molecule has 8 nitrogen and oxygen atoms in total. The average Bonchev–Trinajstić information content (AvgIpc) is 2.51. The summed E-state index contributed by atoms with van der Waals surface area (Å²) in [6.07, 6.45) is 2.63. The van der Waals surface area contributed by atoms with E-state index in [1.807, 2.05) is 0 Å². The SMILES string of the molecule is COc1cc(/C=N/Nc2ccc([N+](=O)[O-])cn2)cc(Br)c1O. The predicted molar refractivity (Wildman–Crippen MR) is 84.5 cm³/mol. The summed E-state index contributed by atoms with van der Waals surface area (Å²) in [5.74, 6) is 0.681. The zero-order chi connectivity index (χ0) is 16.1. The lowest BCUT2D eigenvalue weighted by Gasteiger charge is -2.06. The van der Waals surface area contributed by atoms with Gasteiger partial charge in [-0.25, -0.2) is 4.98 Å². The molecule has 1 aromatic heterocycles. The van der Waals surface area contributed by atoms with E-state index in [-0.39, 0.29) is 11.4 Å². The lowest BCUT2D eigenvalue weighted by atomic mass is 10.2. The molecular weight excluding hydrogens is 356 g/mol. The van der Waals surface area contributed by atoms with Crippen molar-refractivity contribution < 1.29 is 14.8 Å². The first-order chi connectivity index (χ1) is 10.5. The van der Waals surface area contributed by atoms with Crippen LogP contribution in [-0.2, 0) is 0 Å². The van der Waals surface area contributed by atoms with Crippen LogP contribution in [0.5, 0.6) is 11.5 Å². The summed E-state index contributed by atoms with van der Waals surface area (Å²) in [5.41, 5.74) is 3.23. The Balaban J connectivity index is 2.09. The molecule has 0 aliphatic rings. The van der Waals surface area contributed by atoms with Gasteiger partial charge in [0, 0.05) is 6.07 Å². The van der Waals surface area contributed by atoms with E-state index >= 15 is 0 Å². The average molecular weight is 367 g/mol. The highest BCUT2D eigenvalue weighted by molar-refractivity contribution is 9.10. The molecule has 1 heterocycles. The van der Waals surface area contributed by atoms with E-state index in [9.17, 15) is 15.2 Å². The van der Waals surface area contributed by atoms with Crippen molar-refractivity contribution in [3.63, 3.8) is 0 Å². The van der Waals surface area contributed by atoms with Crippen LogP contribution in [0.4, 0.5) is 11.5 Å². The third-order valence-electron chi connectivity index (χ3n) is 2.62. The lowest BCUT2D eigenvalue weighted by molar-refractivity contribution is -0.385. The number of hydrogen-bond acceptors (Lipinski definition) is 7. The molecule has 1 aromatic carbocycles. The maximum atomic E-state index is 10.5. The van der Waals surface area contributed by atoms with Gasteiger partial charge in [0.15, 0.2) is 11.5 Å². The number of methoxy groups -OCH3 is 1. The Morgan fingerprint density at radius 3 is 2.86 bits per heavy atom. The Morgan fingerprint density at radius 1 is 1.50 bits per heavy atom. The molecule has 0 radical (unpaired) electrons. The number of pyridine rings is 1. The fourth-order valence-electron chi connectivity index (χ4n) is 1.56. The summed E-state index contributed by atoms with van der Waals surface area (Å²) < 4.78 is 5.50. The Kier molecular flexibility index (Phi) is 4.89. The molecule has 0 bridgehead atoms. The van der Waals surface area contributed by atoms with Crippen LogP contribution in [-0.4, -0.2) is 28.3 Å². The summed E-state index contributed by atoms with van der Waals surface area (Å²) in [4.78, 5) is 13.8. The Morgan fingerprint density at radius 2 is 2.27 bits per heavy atom. The first kappa shape index (κ1) is 15.7. The highest BCUT2D eigenvalue weighted by atomic mass is 79.9. The fourth-order valence-corrected chi connectivity index (χ4v) is 2.02. The molecule has 114 valence electrons. The number of ether oxygens (including phenoxy) is 1. The quantitative estimate of drug-likeness (QED) is 0.478. The van der Waals surface area contributed by atoms with Crippen molar-refractivity contribution in [2.24, 2.45) is 5.10 Å². The van der Waals surface area contributed by atoms with Crippen molar-refractivity contribution in [3.8, 4) is 11.5 Å². The summed E-state index contributed by atoms with van der Waals surface area (Å²) in [6.45, 7) is 0. The number of halogens is 1. The van der Waals surface area contributed by atoms with E-state index < -0.39 is 4.92 Å². The van der Waals surface area contributed by atoms with E-state index in [2.05, 4.69) is 31.4 Å². The van der Waals surface area contributed by atoms with E-state index in [1.165, 1.54) is 25.5 Å². The molecule has 9 heteroatoms. The van der Waals surface area contributed by atoms with Gasteiger partial charge in [0.1, 0.15) is 12.0 Å². The molecule has 2 N–H and O–H groups in total. The maximum Gasteiger partial charge on any atom is 0.287 e. The van der Waals surface area contributed by atoms with Gasteiger partial charge in [0.2, 0.25) is 0 Å². The van der Waals surface area contributed by atoms with Gasteiger partial charge in [-0.05, 0) is 39.7 Å². The molecule has 0 unspecified atom stereocenters. The van der Waals surface area contributed by atoms with Gasteiger partial charge < -0.3 is 9.84 Å². The molecular formula is C13H11BrN4O4. The highest BCUT2D eigenvalue weighted by Gasteiger charge is 2.07. The van der Waals surface area contributed by atoms with Crippen molar-refractivity contribution in [1.29, 1.82) is 0 Å². The largest absolute Gasteiger partial charge is 0.503 e. The van der Waals surface area contributed by atoms with Gasteiger partial charge in [0.25, 0.3) is 5.69 Å². The van der Waals surface area contributed by atoms with Crippen LogP contribution < -0.4 is 10.2 Å². The minimum atomic E-state index is -0.527. The zero-order valence-electron chi connectivity index (χ0n) is 11.4. The number of nitro groups is 1. The minimum absolute atomic E-state index is 0.00430. The van der Waals surface area contributed by atoms with Crippen molar-refractivity contribution in [1.82, 2.24) is 4.98 Å². The number of hydrazone groups is 1. The smallest absolute Gasteiger partial charge is 0.287 e. The molecule has 0 saturated carbocycles. The Labute approximate surface area is 133 Å². The van der Waals surface area contributed by atoms with Crippen LogP contribution in [0.25, 0.3) is 0 Å². The molecule has 2 rings (SSSR count). The minimum Gasteiger partial charge on any atom is -0.503 e. The second kappa shape index (κ2) is 6.85. The molecule has 0 saturated heterocycles. The lowest BCUT2D eigenvalue weighted by Crippen LogP contribution is -1.95. The second-order valence-corrected chi connectivity index (χ2v) is 4.94. The summed E-state index contributed by atoms with van der Waals surface area (Å²) in [7, 11) is 1.45. The molecule has 0 spiro atoms. The number of phenols is 1. The molecule has 0 fully saturated rings. The Hall–Kier alpha value is -2.68. The Bertz CT molecular complexity index is 719. The molecule has 2 aromatic rings. The zero-order valence-corrected chi connectivity index (χ0v) is 12.9. The number of anilines is 1. The van der Waals surface area contributed by atoms with Crippen LogP contribution in [0.3, 0.4) is 0 Å². The first-order valence-electron chi connectivity index (χ1n) is 5.97. The second-order valence-electron chi connectivity index (χ2n) is 4.08. The fraction of sp³-hybridized carbons (Fsp3) is 0.0769. The topological polar surface area (TPSA) is 110 Å². The van der Waals surface area contributed by atoms with Crippen LogP contribution >= 0.6 is 15.9 Å². The molecule has 0 aliphatic heterocycles. The van der Waals surface area contributed by atoms with Gasteiger partial charge >= 0.3 is 0 Å². The molecule has 0 atom stereocenters. The number of hydrogen-bond donors (Lipinski definition) is 2. The van der Waals surface area contributed by atoms with Crippen molar-refractivity contribution in [2.45, 2.75) is 0 Å². The number of rotatable bonds is 5. The maximum absolute atomic E-state index is 10.5. The number of nitrogens with zero attached hydrogens (tertiary/aromatic N) is 3.